The maximum absolute atomic E-state index is 6.15. The van der Waals surface area contributed by atoms with Crippen LogP contribution in [-0.2, 0) is 6.42 Å². The molecule has 1 nitrogen and oxygen atoms in total. The van der Waals surface area contributed by atoms with Gasteiger partial charge in [-0.05, 0) is 36.4 Å². The van der Waals surface area contributed by atoms with Gasteiger partial charge in [0.25, 0.3) is 0 Å². The Balaban J connectivity index is 1.84. The third kappa shape index (κ3) is 3.87. The largest absolute Gasteiger partial charge is 0.327 e. The normalized spacial score (nSPS) is 12.6. The molecule has 2 aromatic rings. The van der Waals surface area contributed by atoms with Gasteiger partial charge in [0.15, 0.2) is 0 Å². The van der Waals surface area contributed by atoms with Gasteiger partial charge in [0.05, 0.1) is 0 Å². The van der Waals surface area contributed by atoms with Gasteiger partial charge in [-0.2, -0.15) is 0 Å². The lowest BCUT2D eigenvalue weighted by molar-refractivity contribution is 0.757. The Labute approximate surface area is 111 Å². The molecular formula is C14H17NS2. The van der Waals surface area contributed by atoms with E-state index in [0.29, 0.717) is 0 Å². The van der Waals surface area contributed by atoms with Crippen molar-refractivity contribution in [1.29, 1.82) is 0 Å². The second-order valence-electron chi connectivity index (χ2n) is 4.12. The summed E-state index contributed by atoms with van der Waals surface area (Å²) in [4.78, 5) is 2.72. The van der Waals surface area contributed by atoms with Crippen LogP contribution in [-0.4, -0.2) is 11.8 Å². The van der Waals surface area contributed by atoms with Crippen LogP contribution in [0, 0.1) is 6.92 Å². The van der Waals surface area contributed by atoms with Gasteiger partial charge in [-0.3, -0.25) is 0 Å². The van der Waals surface area contributed by atoms with Crippen molar-refractivity contribution < 1.29 is 0 Å². The smallest absolute Gasteiger partial charge is 0.0182 e. The van der Waals surface area contributed by atoms with Crippen LogP contribution in [0.2, 0.25) is 0 Å². The first kappa shape index (κ1) is 12.7. The highest BCUT2D eigenvalue weighted by atomic mass is 32.2. The van der Waals surface area contributed by atoms with E-state index in [0.717, 1.165) is 12.2 Å². The number of nitrogens with two attached hydrogens (primary N) is 1. The molecule has 1 aromatic carbocycles. The van der Waals surface area contributed by atoms with Crippen LogP contribution in [0.25, 0.3) is 0 Å². The third-order valence-electron chi connectivity index (χ3n) is 2.59. The van der Waals surface area contributed by atoms with E-state index in [-0.39, 0.29) is 6.04 Å². The summed E-state index contributed by atoms with van der Waals surface area (Å²) in [6.45, 7) is 2.15. The Morgan fingerprint density at radius 2 is 2.06 bits per heavy atom. The molecule has 90 valence electrons. The standard InChI is InChI=1S/C14H17NS2/c1-11-5-2-3-7-14(11)17-10-12(15)9-13-6-4-8-16-13/h2-8,12H,9-10,15H2,1H3. The molecule has 1 unspecified atom stereocenters. The van der Waals surface area contributed by atoms with Gasteiger partial charge >= 0.3 is 0 Å². The van der Waals surface area contributed by atoms with Gasteiger partial charge in [0.2, 0.25) is 0 Å². The summed E-state index contributed by atoms with van der Waals surface area (Å²) in [6.07, 6.45) is 0.983. The average Bonchev–Trinajstić information content (AvgIpc) is 2.81. The highest BCUT2D eigenvalue weighted by molar-refractivity contribution is 7.99. The highest BCUT2D eigenvalue weighted by Crippen LogP contribution is 2.23. The van der Waals surface area contributed by atoms with E-state index in [9.17, 15) is 0 Å². The fraction of sp³-hybridized carbons (Fsp3) is 0.286. The Morgan fingerprint density at radius 1 is 1.24 bits per heavy atom. The van der Waals surface area contributed by atoms with Crippen molar-refractivity contribution >= 4 is 23.1 Å². The van der Waals surface area contributed by atoms with Crippen molar-refractivity contribution in [2.75, 3.05) is 5.75 Å². The highest BCUT2D eigenvalue weighted by Gasteiger charge is 2.06. The number of thiophene rings is 1. The first-order valence-electron chi connectivity index (χ1n) is 5.72. The predicted octanol–water partition coefficient (Wildman–Crippen LogP) is 3.72. The van der Waals surface area contributed by atoms with Crippen LogP contribution in [0.3, 0.4) is 0 Å². The number of benzene rings is 1. The quantitative estimate of drug-likeness (QED) is 0.832. The van der Waals surface area contributed by atoms with E-state index in [4.69, 9.17) is 5.73 Å². The Hall–Kier alpha value is -0.770. The maximum atomic E-state index is 6.15. The number of hydrogen-bond acceptors (Lipinski definition) is 3. The van der Waals surface area contributed by atoms with Crippen LogP contribution < -0.4 is 5.73 Å². The van der Waals surface area contributed by atoms with Gasteiger partial charge in [-0.15, -0.1) is 23.1 Å². The summed E-state index contributed by atoms with van der Waals surface area (Å²) in [5.74, 6) is 0.975. The zero-order valence-electron chi connectivity index (χ0n) is 9.93. The Morgan fingerprint density at radius 3 is 2.76 bits per heavy atom. The fourth-order valence-corrected chi connectivity index (χ4v) is 3.44. The maximum Gasteiger partial charge on any atom is 0.0182 e. The first-order chi connectivity index (χ1) is 8.25. The summed E-state index contributed by atoms with van der Waals surface area (Å²) >= 11 is 3.64. The number of hydrogen-bond donors (Lipinski definition) is 1. The SMILES string of the molecule is Cc1ccccc1SCC(N)Cc1cccs1. The summed E-state index contributed by atoms with van der Waals surface area (Å²) in [7, 11) is 0. The van der Waals surface area contributed by atoms with Crippen molar-refractivity contribution in [2.45, 2.75) is 24.3 Å². The molecule has 0 amide bonds. The lowest BCUT2D eigenvalue weighted by Gasteiger charge is -2.11. The lowest BCUT2D eigenvalue weighted by Crippen LogP contribution is -2.25. The molecule has 0 spiro atoms. The number of aryl methyl sites for hydroxylation is 1. The van der Waals surface area contributed by atoms with E-state index in [1.807, 2.05) is 11.8 Å². The van der Waals surface area contributed by atoms with Crippen LogP contribution >= 0.6 is 23.1 Å². The van der Waals surface area contributed by atoms with E-state index in [1.54, 1.807) is 11.3 Å². The third-order valence-corrected chi connectivity index (χ3v) is 4.85. The molecule has 0 fully saturated rings. The van der Waals surface area contributed by atoms with Crippen molar-refractivity contribution in [3.8, 4) is 0 Å². The molecule has 0 radical (unpaired) electrons. The lowest BCUT2D eigenvalue weighted by atomic mass is 10.2. The summed E-state index contributed by atoms with van der Waals surface area (Å²) < 4.78 is 0. The van der Waals surface area contributed by atoms with E-state index in [2.05, 4.69) is 48.7 Å². The van der Waals surface area contributed by atoms with Crippen molar-refractivity contribution in [2.24, 2.45) is 5.73 Å². The van der Waals surface area contributed by atoms with Crippen LogP contribution in [0.15, 0.2) is 46.7 Å². The van der Waals surface area contributed by atoms with E-state index in [1.165, 1.54) is 15.3 Å². The topological polar surface area (TPSA) is 26.0 Å². The molecule has 2 N–H and O–H groups in total. The van der Waals surface area contributed by atoms with E-state index >= 15 is 0 Å². The van der Waals surface area contributed by atoms with Gasteiger partial charge in [0.1, 0.15) is 0 Å². The van der Waals surface area contributed by atoms with Gasteiger partial charge < -0.3 is 5.73 Å². The van der Waals surface area contributed by atoms with Crippen LogP contribution in [0.5, 0.6) is 0 Å². The van der Waals surface area contributed by atoms with Gasteiger partial charge in [0, 0.05) is 21.6 Å². The second kappa shape index (κ2) is 6.24. The van der Waals surface area contributed by atoms with Crippen molar-refractivity contribution in [3.63, 3.8) is 0 Å². The molecule has 1 heterocycles. The monoisotopic (exact) mass is 263 g/mol. The molecule has 0 saturated carbocycles. The molecule has 0 saturated heterocycles. The Kier molecular flexibility index (Phi) is 4.66. The molecule has 1 aromatic heterocycles. The average molecular weight is 263 g/mol. The minimum absolute atomic E-state index is 0.234. The molecule has 0 bridgehead atoms. The minimum Gasteiger partial charge on any atom is -0.327 e. The molecule has 17 heavy (non-hydrogen) atoms. The summed E-state index contributed by atoms with van der Waals surface area (Å²) in [6, 6.07) is 12.9. The summed E-state index contributed by atoms with van der Waals surface area (Å²) in [5.41, 5.74) is 7.48. The van der Waals surface area contributed by atoms with Crippen LogP contribution in [0.4, 0.5) is 0 Å². The molecule has 0 aliphatic heterocycles. The van der Waals surface area contributed by atoms with Crippen LogP contribution in [0.1, 0.15) is 10.4 Å². The van der Waals surface area contributed by atoms with Gasteiger partial charge in [-0.1, -0.05) is 24.3 Å². The zero-order valence-corrected chi connectivity index (χ0v) is 11.6. The summed E-state index contributed by atoms with van der Waals surface area (Å²) in [5, 5.41) is 2.11. The van der Waals surface area contributed by atoms with Gasteiger partial charge in [-0.25, -0.2) is 0 Å². The zero-order chi connectivity index (χ0) is 12.1. The van der Waals surface area contributed by atoms with E-state index < -0.39 is 0 Å². The Bertz CT molecular complexity index is 451. The van der Waals surface area contributed by atoms with Crippen molar-refractivity contribution in [1.82, 2.24) is 0 Å². The molecule has 3 heteroatoms. The molecule has 0 aliphatic carbocycles. The number of thioether (sulfide) groups is 1. The minimum atomic E-state index is 0.234. The second-order valence-corrected chi connectivity index (χ2v) is 6.21. The van der Waals surface area contributed by atoms with Crippen molar-refractivity contribution in [3.05, 3.63) is 52.2 Å². The number of rotatable bonds is 5. The molecule has 1 atom stereocenters. The molecular weight excluding hydrogens is 246 g/mol. The fourth-order valence-electron chi connectivity index (χ4n) is 1.66. The molecule has 2 rings (SSSR count). The first-order valence-corrected chi connectivity index (χ1v) is 7.58. The molecule has 0 aliphatic rings. The predicted molar refractivity (Wildman–Crippen MR) is 77.9 cm³/mol.